The van der Waals surface area contributed by atoms with Gasteiger partial charge in [-0.05, 0) is 24.3 Å². The molecule has 0 spiro atoms. The third kappa shape index (κ3) is 1.21. The molecule has 2 heteroatoms. The summed E-state index contributed by atoms with van der Waals surface area (Å²) < 4.78 is 0. The van der Waals surface area contributed by atoms with E-state index in [1.54, 1.807) is 0 Å². The van der Waals surface area contributed by atoms with Crippen molar-refractivity contribution in [3.05, 3.63) is 65.6 Å². The first-order valence-corrected chi connectivity index (χ1v) is 5.84. The van der Waals surface area contributed by atoms with E-state index in [-0.39, 0.29) is 0 Å². The lowest BCUT2D eigenvalue weighted by Crippen LogP contribution is -2.20. The molecule has 17 heavy (non-hydrogen) atoms. The molecule has 0 saturated heterocycles. The van der Waals surface area contributed by atoms with Gasteiger partial charge in [0.25, 0.3) is 0 Å². The van der Waals surface area contributed by atoms with Crippen molar-refractivity contribution >= 4 is 17.0 Å². The molecule has 2 aliphatic heterocycles. The van der Waals surface area contributed by atoms with Gasteiger partial charge < -0.3 is 9.88 Å². The topological polar surface area (TPSA) is 19.0 Å². The summed E-state index contributed by atoms with van der Waals surface area (Å²) in [5.74, 6) is 0. The van der Waals surface area contributed by atoms with Gasteiger partial charge in [-0.15, -0.1) is 0 Å². The molecule has 0 atom stereocenters. The molecule has 2 aliphatic rings. The molecule has 0 radical (unpaired) electrons. The van der Waals surface area contributed by atoms with E-state index >= 15 is 0 Å². The van der Waals surface area contributed by atoms with Gasteiger partial charge in [0.1, 0.15) is 0 Å². The van der Waals surface area contributed by atoms with Gasteiger partial charge in [0.05, 0.1) is 6.54 Å². The second-order valence-electron chi connectivity index (χ2n) is 4.46. The number of para-hydroxylation sites is 1. The van der Waals surface area contributed by atoms with Crippen LogP contribution in [0.25, 0.3) is 17.0 Å². The van der Waals surface area contributed by atoms with Crippen molar-refractivity contribution in [2.24, 2.45) is 0 Å². The molecule has 4 rings (SSSR count). The van der Waals surface area contributed by atoms with Crippen LogP contribution in [0.4, 0.5) is 0 Å². The van der Waals surface area contributed by atoms with Crippen molar-refractivity contribution in [3.8, 4) is 0 Å². The van der Waals surface area contributed by atoms with Crippen molar-refractivity contribution < 1.29 is 0 Å². The molecule has 0 aliphatic carbocycles. The third-order valence-corrected chi connectivity index (χ3v) is 3.44. The van der Waals surface area contributed by atoms with Crippen LogP contribution in [0.15, 0.2) is 54.4 Å². The van der Waals surface area contributed by atoms with Crippen molar-refractivity contribution in [2.75, 3.05) is 0 Å². The molecule has 0 bridgehead atoms. The Kier molecular flexibility index (Phi) is 1.64. The van der Waals surface area contributed by atoms with Crippen LogP contribution in [-0.2, 0) is 6.54 Å². The molecular weight excluding hydrogens is 208 g/mol. The minimum absolute atomic E-state index is 0.950. The lowest BCUT2D eigenvalue weighted by atomic mass is 10.0. The molecule has 3 heterocycles. The predicted molar refractivity (Wildman–Crippen MR) is 70.1 cm³/mol. The van der Waals surface area contributed by atoms with E-state index in [9.17, 15) is 0 Å². The Morgan fingerprint density at radius 2 is 2.06 bits per heavy atom. The Morgan fingerprint density at radius 1 is 1.12 bits per heavy atom. The summed E-state index contributed by atoms with van der Waals surface area (Å²) in [6, 6.07) is 8.50. The minimum atomic E-state index is 0.950. The number of aromatic amines is 1. The lowest BCUT2D eigenvalue weighted by Gasteiger charge is -2.27. The maximum Gasteiger partial charge on any atom is 0.0503 e. The highest BCUT2D eigenvalue weighted by Gasteiger charge is 2.19. The van der Waals surface area contributed by atoms with Gasteiger partial charge in [-0.1, -0.05) is 24.3 Å². The van der Waals surface area contributed by atoms with E-state index in [4.69, 9.17) is 0 Å². The highest BCUT2D eigenvalue weighted by molar-refractivity contribution is 5.88. The summed E-state index contributed by atoms with van der Waals surface area (Å²) in [6.07, 6.45) is 10.7. The molecule has 2 aromatic rings. The fraction of sp³-hybridized carbons (Fsp3) is 0.0667. The van der Waals surface area contributed by atoms with Crippen LogP contribution in [0.2, 0.25) is 0 Å². The fourth-order valence-electron chi connectivity index (χ4n) is 2.60. The summed E-state index contributed by atoms with van der Waals surface area (Å²) in [5.41, 5.74) is 5.12. The van der Waals surface area contributed by atoms with Gasteiger partial charge in [-0.2, -0.15) is 0 Å². The number of nitrogens with one attached hydrogen (secondary N) is 1. The normalized spacial score (nSPS) is 16.9. The van der Waals surface area contributed by atoms with Gasteiger partial charge in [0.15, 0.2) is 0 Å². The molecule has 0 fully saturated rings. The molecule has 82 valence electrons. The molecule has 2 nitrogen and oxygen atoms in total. The zero-order chi connectivity index (χ0) is 11.2. The standard InChI is InChI=1S/C15H12N2/c1-2-7-14-12(6-1)13-10-17-8-4-3-5-11(17)9-15(13)16-14/h1-9,16H,10H2. The van der Waals surface area contributed by atoms with E-state index in [0.717, 1.165) is 6.54 Å². The molecule has 0 saturated carbocycles. The Hall–Kier alpha value is -2.22. The first-order chi connectivity index (χ1) is 8.42. The van der Waals surface area contributed by atoms with E-state index < -0.39 is 0 Å². The molecule has 1 N–H and O–H groups in total. The summed E-state index contributed by atoms with van der Waals surface area (Å²) in [6.45, 7) is 0.950. The van der Waals surface area contributed by atoms with Crippen LogP contribution >= 0.6 is 0 Å². The van der Waals surface area contributed by atoms with Gasteiger partial charge in [0, 0.05) is 34.1 Å². The average Bonchev–Trinajstić information content (AvgIpc) is 2.73. The van der Waals surface area contributed by atoms with Gasteiger partial charge in [-0.3, -0.25) is 0 Å². The predicted octanol–water partition coefficient (Wildman–Crippen LogP) is 3.41. The SMILES string of the molecule is C1=CC2=Cc3[nH]c4ccccc4c3CN2C=C1. The van der Waals surface area contributed by atoms with Gasteiger partial charge >= 0.3 is 0 Å². The summed E-state index contributed by atoms with van der Waals surface area (Å²) in [4.78, 5) is 5.77. The van der Waals surface area contributed by atoms with Crippen LogP contribution in [0.3, 0.4) is 0 Å². The largest absolute Gasteiger partial charge is 0.355 e. The van der Waals surface area contributed by atoms with Crippen LogP contribution in [0, 0.1) is 0 Å². The fourth-order valence-corrected chi connectivity index (χ4v) is 2.60. The van der Waals surface area contributed by atoms with Crippen LogP contribution in [0.5, 0.6) is 0 Å². The second kappa shape index (κ2) is 3.14. The number of allylic oxidation sites excluding steroid dienone is 3. The number of rotatable bonds is 0. The van der Waals surface area contributed by atoms with E-state index in [0.29, 0.717) is 0 Å². The number of aromatic nitrogens is 1. The first kappa shape index (κ1) is 8.88. The van der Waals surface area contributed by atoms with E-state index in [2.05, 4.69) is 64.7 Å². The second-order valence-corrected chi connectivity index (χ2v) is 4.46. The Labute approximate surface area is 99.6 Å². The summed E-state index contributed by atoms with van der Waals surface area (Å²) in [5, 5.41) is 1.33. The zero-order valence-electron chi connectivity index (χ0n) is 9.35. The van der Waals surface area contributed by atoms with Crippen LogP contribution in [0.1, 0.15) is 11.3 Å². The van der Waals surface area contributed by atoms with E-state index in [1.165, 1.54) is 27.9 Å². The molecule has 0 unspecified atom stereocenters. The quantitative estimate of drug-likeness (QED) is 0.720. The Balaban J connectivity index is 1.99. The van der Waals surface area contributed by atoms with Gasteiger partial charge in [0.2, 0.25) is 0 Å². The molecular formula is C15H12N2. The highest BCUT2D eigenvalue weighted by Crippen LogP contribution is 2.32. The van der Waals surface area contributed by atoms with Crippen molar-refractivity contribution in [2.45, 2.75) is 6.54 Å². The third-order valence-electron chi connectivity index (χ3n) is 3.44. The molecule has 0 amide bonds. The van der Waals surface area contributed by atoms with Gasteiger partial charge in [-0.25, -0.2) is 0 Å². The Bertz CT molecular complexity index is 686. The number of fused-ring (bicyclic) bond motifs is 4. The van der Waals surface area contributed by atoms with Crippen molar-refractivity contribution in [1.82, 2.24) is 9.88 Å². The maximum atomic E-state index is 3.49. The zero-order valence-corrected chi connectivity index (χ0v) is 9.35. The monoisotopic (exact) mass is 220 g/mol. The number of benzene rings is 1. The number of H-pyrrole nitrogens is 1. The molecule has 1 aromatic carbocycles. The van der Waals surface area contributed by atoms with Crippen molar-refractivity contribution in [1.29, 1.82) is 0 Å². The average molecular weight is 220 g/mol. The maximum absolute atomic E-state index is 3.49. The molecule has 1 aromatic heterocycles. The minimum Gasteiger partial charge on any atom is -0.355 e. The lowest BCUT2D eigenvalue weighted by molar-refractivity contribution is 0.468. The number of nitrogens with zero attached hydrogens (tertiary/aromatic N) is 1. The highest BCUT2D eigenvalue weighted by atomic mass is 15.1. The van der Waals surface area contributed by atoms with E-state index in [1.807, 2.05) is 0 Å². The van der Waals surface area contributed by atoms with Crippen LogP contribution < -0.4 is 0 Å². The Morgan fingerprint density at radius 3 is 3.06 bits per heavy atom. The van der Waals surface area contributed by atoms with Crippen LogP contribution in [-0.4, -0.2) is 9.88 Å². The summed E-state index contributed by atoms with van der Waals surface area (Å²) >= 11 is 0. The smallest absolute Gasteiger partial charge is 0.0503 e. The summed E-state index contributed by atoms with van der Waals surface area (Å²) in [7, 11) is 0. The number of hydrogen-bond acceptors (Lipinski definition) is 1. The first-order valence-electron chi connectivity index (χ1n) is 5.84. The number of hydrogen-bond donors (Lipinski definition) is 1. The van der Waals surface area contributed by atoms with Crippen molar-refractivity contribution in [3.63, 3.8) is 0 Å².